The summed E-state index contributed by atoms with van der Waals surface area (Å²) in [6, 6.07) is 12.0. The number of nitrogens with zero attached hydrogens (tertiary/aromatic N) is 6. The number of hydrogen-bond acceptors (Lipinski definition) is 13. The maximum atomic E-state index is 18.4. The van der Waals surface area contributed by atoms with Gasteiger partial charge >= 0.3 is 12.2 Å². The van der Waals surface area contributed by atoms with Crippen molar-refractivity contribution >= 4 is 55.7 Å². The van der Waals surface area contributed by atoms with Gasteiger partial charge in [0.25, 0.3) is 14.0 Å². The molecule has 2 aromatic heterocycles. The van der Waals surface area contributed by atoms with Gasteiger partial charge in [0.15, 0.2) is 5.82 Å². The number of fused-ring (bicyclic) bond motifs is 3. The molecule has 8 rings (SSSR count). The minimum atomic E-state index is -2.57. The van der Waals surface area contributed by atoms with Gasteiger partial charge < -0.3 is 28.6 Å². The van der Waals surface area contributed by atoms with Crippen LogP contribution in [0.3, 0.4) is 0 Å². The first-order valence-electron chi connectivity index (χ1n) is 27.6. The first kappa shape index (κ1) is 57.4. The van der Waals surface area contributed by atoms with Gasteiger partial charge in [-0.3, -0.25) is 20.0 Å². The summed E-state index contributed by atoms with van der Waals surface area (Å²) in [7, 11) is -4.95. The van der Waals surface area contributed by atoms with Crippen LogP contribution in [-0.2, 0) is 4.74 Å². The molecule has 3 saturated heterocycles. The third kappa shape index (κ3) is 11.2. The number of rotatable bonds is 17. The number of anilines is 1. The second-order valence-corrected chi connectivity index (χ2v) is 35.0. The fourth-order valence-corrected chi connectivity index (χ4v) is 24.2. The summed E-state index contributed by atoms with van der Waals surface area (Å²) in [6.07, 6.45) is 5.02. The second kappa shape index (κ2) is 22.5. The zero-order valence-corrected chi connectivity index (χ0v) is 49.3. The molecule has 414 valence electrons. The molecule has 0 bridgehead atoms. The summed E-state index contributed by atoms with van der Waals surface area (Å²) in [5, 5.41) is 23.9. The van der Waals surface area contributed by atoms with Gasteiger partial charge in [0.05, 0.1) is 27.0 Å². The Kier molecular flexibility index (Phi) is 16.8. The Labute approximate surface area is 454 Å². The number of non-ortho nitro benzene ring substituents is 1. The van der Waals surface area contributed by atoms with E-state index in [0.29, 0.717) is 59.1 Å². The van der Waals surface area contributed by atoms with Crippen LogP contribution in [0, 0.1) is 33.2 Å². The molecule has 0 aliphatic carbocycles. The molecule has 3 fully saturated rings. The minimum absolute atomic E-state index is 0.0326. The molecular weight excluding hydrogens is 1010 g/mol. The molecule has 3 aliphatic heterocycles. The molecule has 0 radical (unpaired) electrons. The maximum Gasteiger partial charge on any atom is 0.513 e. The monoisotopic (exact) mass is 1090 g/mol. The highest BCUT2D eigenvalue weighted by Crippen LogP contribution is 2.48. The Morgan fingerprint density at radius 1 is 0.870 bits per heavy atom. The lowest BCUT2D eigenvalue weighted by atomic mass is 9.94. The highest BCUT2D eigenvalue weighted by molar-refractivity contribution is 6.90. The van der Waals surface area contributed by atoms with Gasteiger partial charge in [-0.25, -0.2) is 13.6 Å². The third-order valence-electron chi connectivity index (χ3n) is 17.3. The van der Waals surface area contributed by atoms with Crippen LogP contribution in [0.15, 0.2) is 54.7 Å². The number of piperidine rings is 1. The number of hydrogen-bond donors (Lipinski definition) is 1. The van der Waals surface area contributed by atoms with Crippen LogP contribution >= 0.6 is 0 Å². The van der Waals surface area contributed by atoms with Crippen molar-refractivity contribution in [2.24, 2.45) is 0 Å². The number of aromatic nitrogens is 3. The van der Waals surface area contributed by atoms with Crippen molar-refractivity contribution in [2.45, 2.75) is 179 Å². The standard InChI is InChI=1S/C59H78F2N6O8Si2/c1-36(2)76(37(3)4,38(5)6)29-23-47-50(60)21-16-42-30-46(75-77(39(7)8,40(9)10)41(11)12)31-48(51(42)47)53-52(61)54-49(32-62-53)55(65-27-14-24-58(13,69)34-65)64-56(63-54)73-35-59-25-15-28-66(59)44(22-26-59)33-72-57(68)74-45-19-17-43(18-20-45)67(70)71/h16-21,30-32,36-41,44,69H,14-15,22,24-28,33-35H2,1-13H3/t44-,58-,59-/m1/s1. The van der Waals surface area contributed by atoms with E-state index in [1.807, 2.05) is 17.0 Å². The zero-order valence-electron chi connectivity index (χ0n) is 47.3. The van der Waals surface area contributed by atoms with Crippen LogP contribution in [0.5, 0.6) is 17.5 Å². The summed E-state index contributed by atoms with van der Waals surface area (Å²) in [5.74, 6) is 3.24. The molecule has 1 N–H and O–H groups in total. The Morgan fingerprint density at radius 3 is 2.16 bits per heavy atom. The first-order valence-corrected chi connectivity index (χ1v) is 32.0. The molecule has 0 spiro atoms. The second-order valence-electron chi connectivity index (χ2n) is 24.0. The van der Waals surface area contributed by atoms with Crippen molar-refractivity contribution in [3.63, 3.8) is 0 Å². The molecular formula is C59H78F2N6O8Si2. The van der Waals surface area contributed by atoms with E-state index >= 15 is 8.78 Å². The van der Waals surface area contributed by atoms with Crippen LogP contribution in [0.25, 0.3) is 32.9 Å². The van der Waals surface area contributed by atoms with Crippen LogP contribution in [0.1, 0.15) is 134 Å². The fraction of sp³-hybridized carbons (Fsp3) is 0.559. The summed E-state index contributed by atoms with van der Waals surface area (Å²) in [5.41, 5.74) is 4.14. The average Bonchev–Trinajstić information content (AvgIpc) is 3.94. The Balaban J connectivity index is 1.22. The van der Waals surface area contributed by atoms with Crippen LogP contribution < -0.4 is 18.8 Å². The van der Waals surface area contributed by atoms with Crippen molar-refractivity contribution in [3.05, 3.63) is 82.0 Å². The number of benzene rings is 3. The van der Waals surface area contributed by atoms with E-state index in [1.54, 1.807) is 19.2 Å². The predicted molar refractivity (Wildman–Crippen MR) is 304 cm³/mol. The number of nitro groups is 1. The zero-order chi connectivity index (χ0) is 55.9. The van der Waals surface area contributed by atoms with Gasteiger partial charge in [0.2, 0.25) is 0 Å². The number of carbonyl (C=O) groups is 1. The highest BCUT2D eigenvalue weighted by Gasteiger charge is 2.51. The van der Waals surface area contributed by atoms with Crippen molar-refractivity contribution < 1.29 is 42.2 Å². The predicted octanol–water partition coefficient (Wildman–Crippen LogP) is 14.1. The number of aliphatic hydroxyl groups is 1. The Morgan fingerprint density at radius 2 is 1.53 bits per heavy atom. The molecule has 77 heavy (non-hydrogen) atoms. The smallest absolute Gasteiger partial charge is 0.513 e. The van der Waals surface area contributed by atoms with E-state index in [1.165, 1.54) is 30.3 Å². The number of β-amino-alcohol motifs (C(OH)–C–C–N with tert-alkyl or cyclic N) is 1. The molecule has 5 heterocycles. The lowest BCUT2D eigenvalue weighted by molar-refractivity contribution is -0.384. The Bertz CT molecular complexity index is 3030. The van der Waals surface area contributed by atoms with Gasteiger partial charge in [0, 0.05) is 48.4 Å². The lowest BCUT2D eigenvalue weighted by Crippen LogP contribution is -2.50. The molecule has 14 nitrogen and oxygen atoms in total. The topological polar surface area (TPSA) is 163 Å². The van der Waals surface area contributed by atoms with Gasteiger partial charge in [-0.05, 0) is 121 Å². The van der Waals surface area contributed by atoms with E-state index in [0.717, 1.165) is 25.8 Å². The highest BCUT2D eigenvalue weighted by atomic mass is 28.4. The summed E-state index contributed by atoms with van der Waals surface area (Å²) < 4.78 is 60.0. The average molecular weight is 1090 g/mol. The van der Waals surface area contributed by atoms with Crippen LogP contribution in [0.4, 0.5) is 25.1 Å². The third-order valence-corrected chi connectivity index (χ3v) is 29.6. The van der Waals surface area contributed by atoms with E-state index in [9.17, 15) is 20.0 Å². The van der Waals surface area contributed by atoms with Gasteiger partial charge in [-0.1, -0.05) is 95.1 Å². The van der Waals surface area contributed by atoms with Crippen molar-refractivity contribution in [2.75, 3.05) is 37.7 Å². The first-order chi connectivity index (χ1) is 36.3. The summed E-state index contributed by atoms with van der Waals surface area (Å²) >= 11 is 0. The number of carbonyl (C=O) groups excluding carboxylic acids is 1. The Hall–Kier alpha value is -5.75. The number of halogens is 2. The quantitative estimate of drug-likeness (QED) is 0.0234. The molecule has 0 amide bonds. The molecule has 3 aromatic carbocycles. The van der Waals surface area contributed by atoms with E-state index < -0.39 is 50.2 Å². The SMILES string of the molecule is CC(C)[Si](C#Cc1c(F)ccc2cc(O[Si](C(C)C)(C(C)C)C(C)C)cc(-c3ncc4c(N5CCC[C@@](C)(O)C5)nc(OC[C@]56CCCN5[C@@H](COC(=O)Oc5ccc([N+](=O)[O-])cc5)CC6)nc4c3F)c12)(C(C)C)C(C)C. The van der Waals surface area contributed by atoms with E-state index in [4.69, 9.17) is 33.6 Å². The minimum Gasteiger partial charge on any atom is -0.543 e. The fourth-order valence-electron chi connectivity index (χ4n) is 13.8. The normalized spacial score (nSPS) is 20.2. The van der Waals surface area contributed by atoms with Crippen LogP contribution in [0.2, 0.25) is 33.2 Å². The molecule has 0 saturated carbocycles. The van der Waals surface area contributed by atoms with Crippen molar-refractivity contribution in [1.82, 2.24) is 19.9 Å². The molecule has 5 aromatic rings. The molecule has 18 heteroatoms. The largest absolute Gasteiger partial charge is 0.543 e. The number of pyridine rings is 1. The summed E-state index contributed by atoms with van der Waals surface area (Å²) in [6.45, 7) is 30.1. The summed E-state index contributed by atoms with van der Waals surface area (Å²) in [4.78, 5) is 42.3. The molecule has 0 unspecified atom stereocenters. The molecule has 3 aliphatic rings. The van der Waals surface area contributed by atoms with Gasteiger partial charge in [-0.2, -0.15) is 9.97 Å². The van der Waals surface area contributed by atoms with Gasteiger partial charge in [0.1, 0.15) is 55.6 Å². The van der Waals surface area contributed by atoms with E-state index in [-0.39, 0.29) is 93.3 Å². The van der Waals surface area contributed by atoms with Crippen LogP contribution in [-0.4, -0.2) is 102 Å². The van der Waals surface area contributed by atoms with Crippen molar-refractivity contribution in [3.8, 4) is 40.2 Å². The van der Waals surface area contributed by atoms with E-state index in [2.05, 4.69) is 99.4 Å². The van der Waals surface area contributed by atoms with Crippen molar-refractivity contribution in [1.29, 1.82) is 0 Å². The van der Waals surface area contributed by atoms with Gasteiger partial charge in [-0.15, -0.1) is 5.54 Å². The lowest BCUT2D eigenvalue weighted by Gasteiger charge is -2.42. The number of nitro benzene ring substituents is 1. The number of ether oxygens (including phenoxy) is 3. The maximum absolute atomic E-state index is 18.4. The molecule has 3 atom stereocenters.